The molecule has 146 valence electrons. The summed E-state index contributed by atoms with van der Waals surface area (Å²) >= 11 is 0. The number of benzene rings is 1. The summed E-state index contributed by atoms with van der Waals surface area (Å²) < 4.78 is 1.65. The van der Waals surface area contributed by atoms with Gasteiger partial charge < -0.3 is 4.90 Å². The highest BCUT2D eigenvalue weighted by Gasteiger charge is 2.21. The van der Waals surface area contributed by atoms with E-state index in [-0.39, 0.29) is 11.9 Å². The Hall–Kier alpha value is -3.71. The van der Waals surface area contributed by atoms with Gasteiger partial charge in [-0.1, -0.05) is 6.07 Å². The minimum absolute atomic E-state index is 0.0211. The van der Waals surface area contributed by atoms with E-state index in [4.69, 9.17) is 5.26 Å². The van der Waals surface area contributed by atoms with Crippen LogP contribution in [-0.4, -0.2) is 26.5 Å². The standard InChI is InChI=1S/C22H22N6O/c1-14(2)27(19-7-5-6-17(10-19)11-23)21(29)9-8-20-15(3)26-22-18(12-24)13-25-28(22)16(20)4/h5-7,10,13-14H,8-9H2,1-4H3. The molecule has 0 aliphatic rings. The fraction of sp³-hybridized carbons (Fsp3) is 0.318. The number of anilines is 1. The lowest BCUT2D eigenvalue weighted by atomic mass is 10.0. The Labute approximate surface area is 169 Å². The number of carbonyl (C=O) groups excluding carboxylic acids is 1. The van der Waals surface area contributed by atoms with E-state index in [1.165, 1.54) is 6.20 Å². The van der Waals surface area contributed by atoms with E-state index in [2.05, 4.69) is 22.2 Å². The molecular weight excluding hydrogens is 364 g/mol. The molecule has 0 bridgehead atoms. The Morgan fingerprint density at radius 2 is 2.00 bits per heavy atom. The molecule has 3 aromatic rings. The first-order valence-corrected chi connectivity index (χ1v) is 9.43. The second-order valence-electron chi connectivity index (χ2n) is 7.19. The van der Waals surface area contributed by atoms with E-state index < -0.39 is 0 Å². The van der Waals surface area contributed by atoms with Crippen LogP contribution in [-0.2, 0) is 11.2 Å². The predicted molar refractivity (Wildman–Crippen MR) is 109 cm³/mol. The van der Waals surface area contributed by atoms with Crippen molar-refractivity contribution in [2.24, 2.45) is 0 Å². The number of carbonyl (C=O) groups is 1. The van der Waals surface area contributed by atoms with Crippen molar-refractivity contribution in [3.05, 3.63) is 58.5 Å². The van der Waals surface area contributed by atoms with Gasteiger partial charge in [0.25, 0.3) is 0 Å². The van der Waals surface area contributed by atoms with Crippen molar-refractivity contribution in [1.29, 1.82) is 10.5 Å². The third-order valence-corrected chi connectivity index (χ3v) is 4.96. The molecule has 2 heterocycles. The Kier molecular flexibility index (Phi) is 5.61. The number of fused-ring (bicyclic) bond motifs is 1. The Bertz CT molecular complexity index is 1160. The van der Waals surface area contributed by atoms with Gasteiger partial charge in [0.05, 0.1) is 17.8 Å². The van der Waals surface area contributed by atoms with Crippen molar-refractivity contribution in [2.75, 3.05) is 4.90 Å². The van der Waals surface area contributed by atoms with Crippen LogP contribution >= 0.6 is 0 Å². The highest BCUT2D eigenvalue weighted by Crippen LogP contribution is 2.22. The van der Waals surface area contributed by atoms with E-state index in [9.17, 15) is 10.1 Å². The topological polar surface area (TPSA) is 98.1 Å². The van der Waals surface area contributed by atoms with Gasteiger partial charge in [0, 0.05) is 29.5 Å². The van der Waals surface area contributed by atoms with Crippen LogP contribution in [0, 0.1) is 36.5 Å². The molecule has 0 spiro atoms. The Morgan fingerprint density at radius 3 is 2.66 bits per heavy atom. The summed E-state index contributed by atoms with van der Waals surface area (Å²) in [5, 5.41) is 22.6. The summed E-state index contributed by atoms with van der Waals surface area (Å²) in [6.45, 7) is 7.71. The summed E-state index contributed by atoms with van der Waals surface area (Å²) in [6, 6.07) is 11.3. The van der Waals surface area contributed by atoms with Gasteiger partial charge in [0.2, 0.25) is 5.91 Å². The normalized spacial score (nSPS) is 10.7. The SMILES string of the molecule is Cc1nc2c(C#N)cnn2c(C)c1CCC(=O)N(c1cccc(C#N)c1)C(C)C. The molecule has 0 N–H and O–H groups in total. The molecule has 0 radical (unpaired) electrons. The van der Waals surface area contributed by atoms with Crippen molar-refractivity contribution in [1.82, 2.24) is 14.6 Å². The maximum absolute atomic E-state index is 13.1. The summed E-state index contributed by atoms with van der Waals surface area (Å²) in [7, 11) is 0. The highest BCUT2D eigenvalue weighted by molar-refractivity contribution is 5.94. The molecule has 7 nitrogen and oxygen atoms in total. The molecule has 0 aliphatic heterocycles. The third-order valence-electron chi connectivity index (χ3n) is 4.96. The monoisotopic (exact) mass is 386 g/mol. The molecule has 0 unspecified atom stereocenters. The molecule has 2 aromatic heterocycles. The molecule has 1 aromatic carbocycles. The first kappa shape index (κ1) is 20.0. The average Bonchev–Trinajstić information content (AvgIpc) is 3.10. The lowest BCUT2D eigenvalue weighted by Crippen LogP contribution is -2.37. The molecule has 3 rings (SSSR count). The zero-order valence-electron chi connectivity index (χ0n) is 17.0. The quantitative estimate of drug-likeness (QED) is 0.669. The fourth-order valence-electron chi connectivity index (χ4n) is 3.56. The number of nitrogens with zero attached hydrogens (tertiary/aromatic N) is 6. The third kappa shape index (κ3) is 3.81. The number of hydrogen-bond donors (Lipinski definition) is 0. The van der Waals surface area contributed by atoms with Gasteiger partial charge in [-0.2, -0.15) is 15.6 Å². The van der Waals surface area contributed by atoms with Crippen LogP contribution < -0.4 is 4.90 Å². The van der Waals surface area contributed by atoms with Crippen LogP contribution in [0.1, 0.15) is 48.3 Å². The zero-order chi connectivity index (χ0) is 21.1. The smallest absolute Gasteiger partial charge is 0.227 e. The number of aryl methyl sites for hydroxylation is 2. The van der Waals surface area contributed by atoms with Gasteiger partial charge in [-0.25, -0.2) is 9.50 Å². The molecule has 0 saturated heterocycles. The lowest BCUT2D eigenvalue weighted by molar-refractivity contribution is -0.118. The van der Waals surface area contributed by atoms with Gasteiger partial charge in [-0.3, -0.25) is 4.79 Å². The Morgan fingerprint density at radius 1 is 1.24 bits per heavy atom. The molecule has 7 heteroatoms. The van der Waals surface area contributed by atoms with Gasteiger partial charge in [0.1, 0.15) is 11.6 Å². The lowest BCUT2D eigenvalue weighted by Gasteiger charge is -2.27. The summed E-state index contributed by atoms with van der Waals surface area (Å²) in [5.74, 6) is -0.0211. The van der Waals surface area contributed by atoms with Crippen molar-refractivity contribution in [3.63, 3.8) is 0 Å². The largest absolute Gasteiger partial charge is 0.310 e. The van der Waals surface area contributed by atoms with Crippen molar-refractivity contribution < 1.29 is 4.79 Å². The molecule has 0 saturated carbocycles. The van der Waals surface area contributed by atoms with E-state index in [0.717, 1.165) is 22.6 Å². The summed E-state index contributed by atoms with van der Waals surface area (Å²) in [4.78, 5) is 19.3. The van der Waals surface area contributed by atoms with Gasteiger partial charge in [-0.15, -0.1) is 0 Å². The molecular formula is C22H22N6O. The second kappa shape index (κ2) is 8.12. The van der Waals surface area contributed by atoms with Crippen molar-refractivity contribution in [2.45, 2.75) is 46.6 Å². The zero-order valence-corrected chi connectivity index (χ0v) is 17.0. The summed E-state index contributed by atoms with van der Waals surface area (Å²) in [5.41, 5.74) is 4.84. The van der Waals surface area contributed by atoms with Gasteiger partial charge in [0.15, 0.2) is 5.65 Å². The maximum atomic E-state index is 13.1. The van der Waals surface area contributed by atoms with Crippen LogP contribution in [0.2, 0.25) is 0 Å². The van der Waals surface area contributed by atoms with Crippen LogP contribution in [0.15, 0.2) is 30.5 Å². The number of aromatic nitrogens is 3. The molecule has 0 aliphatic carbocycles. The van der Waals surface area contributed by atoms with Crippen molar-refractivity contribution in [3.8, 4) is 12.1 Å². The first-order chi connectivity index (χ1) is 13.9. The Balaban J connectivity index is 1.87. The van der Waals surface area contributed by atoms with Crippen LogP contribution in [0.3, 0.4) is 0 Å². The van der Waals surface area contributed by atoms with Gasteiger partial charge in [-0.05, 0) is 57.9 Å². The van der Waals surface area contributed by atoms with Crippen molar-refractivity contribution >= 4 is 17.2 Å². The number of hydrogen-bond acceptors (Lipinski definition) is 5. The molecule has 1 amide bonds. The maximum Gasteiger partial charge on any atom is 0.227 e. The summed E-state index contributed by atoms with van der Waals surface area (Å²) in [6.07, 6.45) is 2.32. The molecule has 0 fully saturated rings. The number of rotatable bonds is 5. The molecule has 0 atom stereocenters. The van der Waals surface area contributed by atoms with E-state index in [0.29, 0.717) is 29.6 Å². The minimum Gasteiger partial charge on any atom is -0.310 e. The second-order valence-corrected chi connectivity index (χ2v) is 7.19. The highest BCUT2D eigenvalue weighted by atomic mass is 16.2. The number of nitriles is 2. The van der Waals surface area contributed by atoms with E-state index in [1.54, 1.807) is 27.6 Å². The van der Waals surface area contributed by atoms with E-state index >= 15 is 0 Å². The average molecular weight is 386 g/mol. The first-order valence-electron chi connectivity index (χ1n) is 9.43. The minimum atomic E-state index is -0.0384. The van der Waals surface area contributed by atoms with Crippen LogP contribution in [0.5, 0.6) is 0 Å². The predicted octanol–water partition coefficient (Wildman–Crippen LogP) is 3.46. The van der Waals surface area contributed by atoms with Crippen LogP contribution in [0.25, 0.3) is 5.65 Å². The van der Waals surface area contributed by atoms with Gasteiger partial charge >= 0.3 is 0 Å². The van der Waals surface area contributed by atoms with E-state index in [1.807, 2.05) is 33.8 Å². The fourth-order valence-corrected chi connectivity index (χ4v) is 3.56. The molecule has 29 heavy (non-hydrogen) atoms. The van der Waals surface area contributed by atoms with Crippen LogP contribution in [0.4, 0.5) is 5.69 Å². The number of amides is 1.